The molecule has 0 N–H and O–H groups in total. The van der Waals surface area contributed by atoms with Gasteiger partial charge < -0.3 is 0 Å². The van der Waals surface area contributed by atoms with E-state index in [1.165, 1.54) is 21.9 Å². The van der Waals surface area contributed by atoms with Crippen LogP contribution in [0.15, 0.2) is 48.5 Å². The third-order valence-corrected chi connectivity index (χ3v) is 4.02. The summed E-state index contributed by atoms with van der Waals surface area (Å²) in [5.41, 5.74) is 6.45. The fourth-order valence-corrected chi connectivity index (χ4v) is 2.77. The van der Waals surface area contributed by atoms with Crippen molar-refractivity contribution in [2.45, 2.75) is 13.8 Å². The summed E-state index contributed by atoms with van der Waals surface area (Å²) >= 11 is 0. The highest BCUT2D eigenvalue weighted by molar-refractivity contribution is 6.07. The normalized spacial score (nSPS) is 11.5. The molecular formula is C18H14N2. The molecule has 0 amide bonds. The Kier molecular flexibility index (Phi) is 2.27. The molecule has 0 fully saturated rings. The zero-order valence-electron chi connectivity index (χ0n) is 11.5. The molecular weight excluding hydrogens is 244 g/mol. The van der Waals surface area contributed by atoms with Crippen molar-refractivity contribution in [3.05, 3.63) is 59.7 Å². The number of para-hydroxylation sites is 2. The Morgan fingerprint density at radius 2 is 1.40 bits per heavy atom. The summed E-state index contributed by atoms with van der Waals surface area (Å²) in [6.45, 7) is 4.30. The first-order valence-corrected chi connectivity index (χ1v) is 6.79. The van der Waals surface area contributed by atoms with Crippen molar-refractivity contribution in [3.63, 3.8) is 0 Å². The average Bonchev–Trinajstić information content (AvgIpc) is 2.48. The number of aryl methyl sites for hydroxylation is 2. The molecule has 0 aliphatic rings. The zero-order chi connectivity index (χ0) is 13.7. The molecule has 4 rings (SSSR count). The van der Waals surface area contributed by atoms with Gasteiger partial charge in [-0.15, -0.1) is 0 Å². The van der Waals surface area contributed by atoms with Gasteiger partial charge in [0.1, 0.15) is 0 Å². The minimum absolute atomic E-state index is 0.949. The summed E-state index contributed by atoms with van der Waals surface area (Å²) in [5.74, 6) is 0. The second-order valence-electron chi connectivity index (χ2n) is 5.25. The predicted molar refractivity (Wildman–Crippen MR) is 84.0 cm³/mol. The molecule has 1 aromatic heterocycles. The van der Waals surface area contributed by atoms with E-state index in [1.807, 2.05) is 24.3 Å². The summed E-state index contributed by atoms with van der Waals surface area (Å²) < 4.78 is 0. The predicted octanol–water partition coefficient (Wildman–Crippen LogP) is 4.55. The Labute approximate surface area is 117 Å². The van der Waals surface area contributed by atoms with Crippen LogP contribution < -0.4 is 0 Å². The topological polar surface area (TPSA) is 25.8 Å². The van der Waals surface area contributed by atoms with Gasteiger partial charge >= 0.3 is 0 Å². The molecule has 0 aliphatic heterocycles. The van der Waals surface area contributed by atoms with E-state index < -0.39 is 0 Å². The van der Waals surface area contributed by atoms with Crippen LogP contribution in [0.1, 0.15) is 11.1 Å². The second-order valence-corrected chi connectivity index (χ2v) is 5.25. The largest absolute Gasteiger partial charge is 0.244 e. The van der Waals surface area contributed by atoms with E-state index in [9.17, 15) is 0 Å². The molecule has 0 spiro atoms. The van der Waals surface area contributed by atoms with E-state index in [0.717, 1.165) is 22.1 Å². The van der Waals surface area contributed by atoms with E-state index >= 15 is 0 Å². The van der Waals surface area contributed by atoms with Crippen molar-refractivity contribution < 1.29 is 0 Å². The van der Waals surface area contributed by atoms with Crippen molar-refractivity contribution in [3.8, 4) is 0 Å². The third-order valence-electron chi connectivity index (χ3n) is 4.02. The molecule has 2 heteroatoms. The smallest absolute Gasteiger partial charge is 0.0975 e. The van der Waals surface area contributed by atoms with Gasteiger partial charge in [-0.2, -0.15) is 0 Å². The lowest BCUT2D eigenvalue weighted by atomic mass is 9.99. The van der Waals surface area contributed by atoms with E-state index in [2.05, 4.69) is 38.1 Å². The van der Waals surface area contributed by atoms with E-state index in [4.69, 9.17) is 9.97 Å². The minimum atomic E-state index is 0.949. The summed E-state index contributed by atoms with van der Waals surface area (Å²) in [6, 6.07) is 16.6. The van der Waals surface area contributed by atoms with Crippen LogP contribution in [-0.4, -0.2) is 9.97 Å². The lowest BCUT2D eigenvalue weighted by molar-refractivity contribution is 1.36. The maximum atomic E-state index is 4.85. The van der Waals surface area contributed by atoms with E-state index in [1.54, 1.807) is 0 Å². The number of fused-ring (bicyclic) bond motifs is 4. The molecule has 0 radical (unpaired) electrons. The molecule has 0 aliphatic carbocycles. The number of hydrogen-bond acceptors (Lipinski definition) is 2. The van der Waals surface area contributed by atoms with Gasteiger partial charge in [-0.3, -0.25) is 0 Å². The number of aromatic nitrogens is 2. The highest BCUT2D eigenvalue weighted by Gasteiger charge is 2.08. The lowest BCUT2D eigenvalue weighted by Crippen LogP contribution is -1.91. The van der Waals surface area contributed by atoms with Crippen LogP contribution in [0.25, 0.3) is 32.8 Å². The van der Waals surface area contributed by atoms with E-state index in [-0.39, 0.29) is 0 Å². The fourth-order valence-electron chi connectivity index (χ4n) is 2.77. The molecule has 0 atom stereocenters. The van der Waals surface area contributed by atoms with Gasteiger partial charge in [0.25, 0.3) is 0 Å². The summed E-state index contributed by atoms with van der Waals surface area (Å²) in [7, 11) is 0. The Balaban J connectivity index is 2.28. The quantitative estimate of drug-likeness (QED) is 0.341. The van der Waals surface area contributed by atoms with Crippen molar-refractivity contribution in [1.29, 1.82) is 0 Å². The molecule has 0 saturated carbocycles. The van der Waals surface area contributed by atoms with Crippen LogP contribution in [0.2, 0.25) is 0 Å². The van der Waals surface area contributed by atoms with Gasteiger partial charge in [0, 0.05) is 5.39 Å². The van der Waals surface area contributed by atoms with Gasteiger partial charge in [0.15, 0.2) is 0 Å². The highest BCUT2D eigenvalue weighted by Crippen LogP contribution is 2.29. The van der Waals surface area contributed by atoms with Gasteiger partial charge in [0.05, 0.1) is 22.1 Å². The zero-order valence-corrected chi connectivity index (χ0v) is 11.5. The first kappa shape index (κ1) is 11.4. The van der Waals surface area contributed by atoms with Crippen molar-refractivity contribution in [2.24, 2.45) is 0 Å². The standard InChI is InChI=1S/C18H14N2/c1-11-7-8-13-9-10-16-18(17(13)12(11)2)20-15-6-4-3-5-14(15)19-16/h3-10H,1-2H3. The Hall–Kier alpha value is -2.48. The van der Waals surface area contributed by atoms with Crippen LogP contribution >= 0.6 is 0 Å². The molecule has 0 bridgehead atoms. The maximum Gasteiger partial charge on any atom is 0.0975 e. The second kappa shape index (κ2) is 4.01. The van der Waals surface area contributed by atoms with Crippen LogP contribution in [-0.2, 0) is 0 Å². The number of rotatable bonds is 0. The summed E-state index contributed by atoms with van der Waals surface area (Å²) in [4.78, 5) is 9.58. The summed E-state index contributed by atoms with van der Waals surface area (Å²) in [6.07, 6.45) is 0. The van der Waals surface area contributed by atoms with Crippen LogP contribution in [0, 0.1) is 13.8 Å². The van der Waals surface area contributed by atoms with E-state index in [0.29, 0.717) is 0 Å². The van der Waals surface area contributed by atoms with Gasteiger partial charge in [-0.25, -0.2) is 9.97 Å². The maximum absolute atomic E-state index is 4.85. The van der Waals surface area contributed by atoms with Crippen LogP contribution in [0.5, 0.6) is 0 Å². The SMILES string of the molecule is Cc1ccc2ccc3nc4ccccc4nc3c2c1C. The molecule has 20 heavy (non-hydrogen) atoms. The first-order chi connectivity index (χ1) is 9.74. The van der Waals surface area contributed by atoms with Gasteiger partial charge in [0.2, 0.25) is 0 Å². The van der Waals surface area contributed by atoms with Crippen LogP contribution in [0.4, 0.5) is 0 Å². The Bertz CT molecular complexity index is 971. The average molecular weight is 258 g/mol. The minimum Gasteiger partial charge on any atom is -0.244 e. The Morgan fingerprint density at radius 1 is 0.700 bits per heavy atom. The number of nitrogens with zero attached hydrogens (tertiary/aromatic N) is 2. The fraction of sp³-hybridized carbons (Fsp3) is 0.111. The lowest BCUT2D eigenvalue weighted by Gasteiger charge is -2.09. The van der Waals surface area contributed by atoms with Gasteiger partial charge in [-0.05, 0) is 48.6 Å². The first-order valence-electron chi connectivity index (χ1n) is 6.79. The number of hydrogen-bond donors (Lipinski definition) is 0. The highest BCUT2D eigenvalue weighted by atomic mass is 14.8. The van der Waals surface area contributed by atoms with Crippen molar-refractivity contribution >= 4 is 32.8 Å². The van der Waals surface area contributed by atoms with Crippen molar-refractivity contribution in [1.82, 2.24) is 9.97 Å². The Morgan fingerprint density at radius 3 is 2.20 bits per heavy atom. The number of benzene rings is 3. The molecule has 0 saturated heterocycles. The molecule has 2 nitrogen and oxygen atoms in total. The molecule has 1 heterocycles. The molecule has 3 aromatic carbocycles. The van der Waals surface area contributed by atoms with Crippen LogP contribution in [0.3, 0.4) is 0 Å². The summed E-state index contributed by atoms with van der Waals surface area (Å²) in [5, 5.41) is 2.45. The monoisotopic (exact) mass is 258 g/mol. The van der Waals surface area contributed by atoms with Crippen molar-refractivity contribution in [2.75, 3.05) is 0 Å². The molecule has 96 valence electrons. The molecule has 4 aromatic rings. The van der Waals surface area contributed by atoms with Gasteiger partial charge in [-0.1, -0.05) is 30.3 Å². The third kappa shape index (κ3) is 1.51. The molecule has 0 unspecified atom stereocenters.